The van der Waals surface area contributed by atoms with Crippen LogP contribution in [0.15, 0.2) is 24.3 Å². The van der Waals surface area contributed by atoms with Crippen molar-refractivity contribution in [2.24, 2.45) is 0 Å². The highest BCUT2D eigenvalue weighted by atomic mass is 16.5. The summed E-state index contributed by atoms with van der Waals surface area (Å²) in [6.45, 7) is 8.31. The van der Waals surface area contributed by atoms with Gasteiger partial charge in [0.05, 0.1) is 18.8 Å². The van der Waals surface area contributed by atoms with E-state index in [0.717, 1.165) is 39.3 Å². The van der Waals surface area contributed by atoms with Gasteiger partial charge in [-0.3, -0.25) is 4.90 Å². The Morgan fingerprint density at radius 1 is 0.923 bits per heavy atom. The molecule has 144 valence electrons. The standard InChI is InChI=1S/C21H32N2O3/c24-21(26-18-15-23-13-16-25-17-14-23)20-8-6-19(7-9-20)5-4-12-22-10-2-1-3-11-22/h6-9H,1-5,10-18H2. The molecule has 0 bridgehead atoms. The summed E-state index contributed by atoms with van der Waals surface area (Å²) in [4.78, 5) is 17.0. The monoisotopic (exact) mass is 360 g/mol. The van der Waals surface area contributed by atoms with E-state index in [1.54, 1.807) is 0 Å². The number of hydrogen-bond donors (Lipinski definition) is 0. The molecule has 2 saturated heterocycles. The van der Waals surface area contributed by atoms with Crippen LogP contribution in [0.25, 0.3) is 0 Å². The molecular weight excluding hydrogens is 328 g/mol. The van der Waals surface area contributed by atoms with E-state index in [2.05, 4.69) is 21.9 Å². The zero-order chi connectivity index (χ0) is 18.0. The molecule has 2 aliphatic rings. The van der Waals surface area contributed by atoms with E-state index in [0.29, 0.717) is 12.2 Å². The Labute approximate surface area is 157 Å². The molecule has 0 N–H and O–H groups in total. The maximum absolute atomic E-state index is 12.1. The number of likely N-dealkylation sites (tertiary alicyclic amines) is 1. The molecule has 1 aromatic rings. The number of aryl methyl sites for hydroxylation is 1. The Morgan fingerprint density at radius 3 is 2.35 bits per heavy atom. The van der Waals surface area contributed by atoms with Crippen molar-refractivity contribution >= 4 is 5.97 Å². The van der Waals surface area contributed by atoms with Crippen molar-refractivity contribution in [1.29, 1.82) is 0 Å². The second-order valence-corrected chi connectivity index (χ2v) is 7.29. The molecule has 0 unspecified atom stereocenters. The lowest BCUT2D eigenvalue weighted by Gasteiger charge is -2.26. The molecule has 5 heteroatoms. The molecule has 0 amide bonds. The van der Waals surface area contributed by atoms with Gasteiger partial charge in [-0.05, 0) is 63.0 Å². The van der Waals surface area contributed by atoms with Crippen LogP contribution in [-0.2, 0) is 15.9 Å². The van der Waals surface area contributed by atoms with Crippen molar-refractivity contribution in [3.63, 3.8) is 0 Å². The maximum Gasteiger partial charge on any atom is 0.338 e. The smallest absolute Gasteiger partial charge is 0.338 e. The van der Waals surface area contributed by atoms with Gasteiger partial charge in [-0.15, -0.1) is 0 Å². The zero-order valence-corrected chi connectivity index (χ0v) is 15.8. The number of carbonyl (C=O) groups is 1. The summed E-state index contributed by atoms with van der Waals surface area (Å²) in [5, 5.41) is 0. The lowest BCUT2D eigenvalue weighted by atomic mass is 10.1. The van der Waals surface area contributed by atoms with Crippen molar-refractivity contribution in [2.45, 2.75) is 32.1 Å². The Hall–Kier alpha value is -1.43. The summed E-state index contributed by atoms with van der Waals surface area (Å²) in [5.41, 5.74) is 1.94. The van der Waals surface area contributed by atoms with Gasteiger partial charge in [-0.25, -0.2) is 4.79 Å². The number of carbonyl (C=O) groups excluding carboxylic acids is 1. The number of rotatable bonds is 8. The van der Waals surface area contributed by atoms with Crippen LogP contribution in [0.4, 0.5) is 0 Å². The first kappa shape index (κ1) is 19.3. The minimum atomic E-state index is -0.224. The highest BCUT2D eigenvalue weighted by Crippen LogP contribution is 2.12. The topological polar surface area (TPSA) is 42.0 Å². The van der Waals surface area contributed by atoms with E-state index < -0.39 is 0 Å². The van der Waals surface area contributed by atoms with E-state index in [4.69, 9.17) is 9.47 Å². The van der Waals surface area contributed by atoms with E-state index in [-0.39, 0.29) is 5.97 Å². The van der Waals surface area contributed by atoms with Gasteiger partial charge in [0, 0.05) is 19.6 Å². The SMILES string of the molecule is O=C(OCCN1CCOCC1)c1ccc(CCCN2CCCCC2)cc1. The fourth-order valence-electron chi connectivity index (χ4n) is 3.67. The van der Waals surface area contributed by atoms with Gasteiger partial charge >= 0.3 is 5.97 Å². The first-order chi connectivity index (χ1) is 12.8. The third-order valence-electron chi connectivity index (χ3n) is 5.32. The molecule has 2 fully saturated rings. The maximum atomic E-state index is 12.1. The number of nitrogens with zero attached hydrogens (tertiary/aromatic N) is 2. The van der Waals surface area contributed by atoms with Crippen LogP contribution in [-0.4, -0.2) is 74.9 Å². The molecule has 0 aromatic heterocycles. The number of esters is 1. The van der Waals surface area contributed by atoms with Crippen molar-refractivity contribution in [3.05, 3.63) is 35.4 Å². The highest BCUT2D eigenvalue weighted by molar-refractivity contribution is 5.89. The molecule has 0 saturated carbocycles. The van der Waals surface area contributed by atoms with Gasteiger partial charge < -0.3 is 14.4 Å². The second kappa shape index (κ2) is 10.7. The molecule has 0 spiro atoms. The molecule has 0 atom stereocenters. The predicted octanol–water partition coefficient (Wildman–Crippen LogP) is 2.59. The number of hydrogen-bond acceptors (Lipinski definition) is 5. The van der Waals surface area contributed by atoms with Crippen LogP contribution in [0.2, 0.25) is 0 Å². The van der Waals surface area contributed by atoms with Crippen LogP contribution in [0, 0.1) is 0 Å². The molecule has 26 heavy (non-hydrogen) atoms. The highest BCUT2D eigenvalue weighted by Gasteiger charge is 2.12. The largest absolute Gasteiger partial charge is 0.461 e. The lowest BCUT2D eigenvalue weighted by Crippen LogP contribution is -2.38. The molecule has 0 radical (unpaired) electrons. The van der Waals surface area contributed by atoms with E-state index >= 15 is 0 Å². The zero-order valence-electron chi connectivity index (χ0n) is 15.8. The minimum absolute atomic E-state index is 0.224. The quantitative estimate of drug-likeness (QED) is 0.667. The summed E-state index contributed by atoms with van der Waals surface area (Å²) in [6, 6.07) is 7.92. The van der Waals surface area contributed by atoms with Gasteiger partial charge in [0.15, 0.2) is 0 Å². The average Bonchev–Trinajstić information content (AvgIpc) is 2.70. The molecule has 1 aromatic carbocycles. The summed E-state index contributed by atoms with van der Waals surface area (Å²) in [6.07, 6.45) is 6.34. The van der Waals surface area contributed by atoms with E-state index in [1.165, 1.54) is 50.9 Å². The van der Waals surface area contributed by atoms with E-state index in [9.17, 15) is 4.79 Å². The van der Waals surface area contributed by atoms with Crippen LogP contribution in [0.1, 0.15) is 41.6 Å². The van der Waals surface area contributed by atoms with Crippen molar-refractivity contribution < 1.29 is 14.3 Å². The molecule has 0 aliphatic carbocycles. The van der Waals surface area contributed by atoms with Gasteiger partial charge in [0.2, 0.25) is 0 Å². The molecular formula is C21H32N2O3. The van der Waals surface area contributed by atoms with Gasteiger partial charge in [-0.1, -0.05) is 18.6 Å². The molecule has 3 rings (SSSR count). The first-order valence-electron chi connectivity index (χ1n) is 10.1. The second-order valence-electron chi connectivity index (χ2n) is 7.29. The average molecular weight is 360 g/mol. The third kappa shape index (κ3) is 6.38. The van der Waals surface area contributed by atoms with Gasteiger partial charge in [-0.2, -0.15) is 0 Å². The van der Waals surface area contributed by atoms with E-state index in [1.807, 2.05) is 12.1 Å². The van der Waals surface area contributed by atoms with Crippen LogP contribution < -0.4 is 0 Å². The Kier molecular flexibility index (Phi) is 7.92. The van der Waals surface area contributed by atoms with Gasteiger partial charge in [0.25, 0.3) is 0 Å². The normalized spacial score (nSPS) is 19.4. The van der Waals surface area contributed by atoms with Crippen molar-refractivity contribution in [2.75, 3.05) is 59.1 Å². The summed E-state index contributed by atoms with van der Waals surface area (Å²) in [5.74, 6) is -0.224. The summed E-state index contributed by atoms with van der Waals surface area (Å²) < 4.78 is 10.7. The number of morpholine rings is 1. The van der Waals surface area contributed by atoms with Crippen LogP contribution >= 0.6 is 0 Å². The predicted molar refractivity (Wildman–Crippen MR) is 103 cm³/mol. The van der Waals surface area contributed by atoms with Gasteiger partial charge in [0.1, 0.15) is 6.61 Å². The Morgan fingerprint density at radius 2 is 1.62 bits per heavy atom. The summed E-state index contributed by atoms with van der Waals surface area (Å²) in [7, 11) is 0. The fourth-order valence-corrected chi connectivity index (χ4v) is 3.67. The van der Waals surface area contributed by atoms with Crippen LogP contribution in [0.3, 0.4) is 0 Å². The van der Waals surface area contributed by atoms with Crippen molar-refractivity contribution in [1.82, 2.24) is 9.80 Å². The van der Waals surface area contributed by atoms with Crippen molar-refractivity contribution in [3.8, 4) is 0 Å². The number of piperidine rings is 1. The van der Waals surface area contributed by atoms with Crippen LogP contribution in [0.5, 0.6) is 0 Å². The lowest BCUT2D eigenvalue weighted by molar-refractivity contribution is 0.0195. The first-order valence-corrected chi connectivity index (χ1v) is 10.1. The minimum Gasteiger partial charge on any atom is -0.461 e. The fraction of sp³-hybridized carbons (Fsp3) is 0.667. The third-order valence-corrected chi connectivity index (χ3v) is 5.32. The number of benzene rings is 1. The molecule has 5 nitrogen and oxygen atoms in total. The Bertz CT molecular complexity index is 535. The molecule has 2 aliphatic heterocycles. The number of ether oxygens (including phenoxy) is 2. The molecule has 2 heterocycles. The Balaban J connectivity index is 1.34. The summed E-state index contributed by atoms with van der Waals surface area (Å²) >= 11 is 0.